The number of hydrogen-bond acceptors (Lipinski definition) is 6. The number of amides is 2. The summed E-state index contributed by atoms with van der Waals surface area (Å²) in [6.45, 7) is 5.88. The molecule has 34 heavy (non-hydrogen) atoms. The van der Waals surface area contributed by atoms with Crippen LogP contribution < -0.4 is 0 Å². The van der Waals surface area contributed by atoms with Crippen LogP contribution in [0.25, 0.3) is 6.08 Å². The standard InChI is InChI=1S/C26H32N4O2S2/c1-33-25-27-22(19-34-25)24(32)29-12-9-26(10-13-29)18-21(26)23(31)30-16-14-28(15-17-30)11-5-8-20-6-3-2-4-7-20/h2-8,19,21H,9-18H2,1H3/b8-5+/t21-/m0/s1. The number of rotatable bonds is 6. The number of nitrogens with zero attached hydrogens (tertiary/aromatic N) is 4. The van der Waals surface area contributed by atoms with Crippen LogP contribution in [0.15, 0.2) is 46.1 Å². The topological polar surface area (TPSA) is 56.8 Å². The number of benzene rings is 1. The molecule has 0 unspecified atom stereocenters. The number of aromatic nitrogens is 1. The highest BCUT2D eigenvalue weighted by molar-refractivity contribution is 8.00. The van der Waals surface area contributed by atoms with E-state index >= 15 is 0 Å². The first-order valence-corrected chi connectivity index (χ1v) is 14.2. The summed E-state index contributed by atoms with van der Waals surface area (Å²) in [5, 5.41) is 1.86. The zero-order chi connectivity index (χ0) is 23.5. The van der Waals surface area contributed by atoms with Crippen molar-refractivity contribution in [2.24, 2.45) is 11.3 Å². The van der Waals surface area contributed by atoms with Crippen LogP contribution in [-0.4, -0.2) is 83.6 Å². The van der Waals surface area contributed by atoms with Crippen molar-refractivity contribution in [2.75, 3.05) is 52.1 Å². The van der Waals surface area contributed by atoms with Crippen molar-refractivity contribution in [1.29, 1.82) is 0 Å². The van der Waals surface area contributed by atoms with E-state index in [1.54, 1.807) is 11.8 Å². The summed E-state index contributed by atoms with van der Waals surface area (Å²) in [4.78, 5) is 36.8. The van der Waals surface area contributed by atoms with Crippen molar-refractivity contribution in [3.05, 3.63) is 53.0 Å². The van der Waals surface area contributed by atoms with E-state index in [2.05, 4.69) is 51.2 Å². The molecule has 3 heterocycles. The molecule has 6 nitrogen and oxygen atoms in total. The molecule has 0 radical (unpaired) electrons. The molecule has 3 fully saturated rings. The van der Waals surface area contributed by atoms with Gasteiger partial charge in [-0.25, -0.2) is 4.98 Å². The lowest BCUT2D eigenvalue weighted by molar-refractivity contribution is -0.135. The highest BCUT2D eigenvalue weighted by Crippen LogP contribution is 2.60. The fraction of sp³-hybridized carbons (Fsp3) is 0.500. The van der Waals surface area contributed by atoms with Gasteiger partial charge in [0.15, 0.2) is 0 Å². The first-order chi connectivity index (χ1) is 16.6. The normalized spacial score (nSPS) is 22.4. The van der Waals surface area contributed by atoms with Crippen molar-refractivity contribution in [2.45, 2.75) is 23.6 Å². The van der Waals surface area contributed by atoms with E-state index in [1.165, 1.54) is 16.9 Å². The van der Waals surface area contributed by atoms with Crippen LogP contribution in [0.3, 0.4) is 0 Å². The second-order valence-corrected chi connectivity index (χ2v) is 11.5. The zero-order valence-corrected chi connectivity index (χ0v) is 21.3. The molecule has 180 valence electrons. The van der Waals surface area contributed by atoms with Gasteiger partial charge in [-0.15, -0.1) is 11.3 Å². The Morgan fingerprint density at radius 3 is 2.50 bits per heavy atom. The molecule has 2 aliphatic heterocycles. The lowest BCUT2D eigenvalue weighted by Gasteiger charge is -2.36. The fourth-order valence-electron chi connectivity index (χ4n) is 5.29. The average Bonchev–Trinajstić information content (AvgIpc) is 3.35. The van der Waals surface area contributed by atoms with Gasteiger partial charge < -0.3 is 9.80 Å². The van der Waals surface area contributed by atoms with E-state index in [0.29, 0.717) is 11.6 Å². The van der Waals surface area contributed by atoms with Crippen LogP contribution in [0.1, 0.15) is 35.3 Å². The molecule has 0 bridgehead atoms. The number of carbonyl (C=O) groups excluding carboxylic acids is 2. The van der Waals surface area contributed by atoms with Crippen molar-refractivity contribution in [3.8, 4) is 0 Å². The maximum absolute atomic E-state index is 13.2. The third-order valence-corrected chi connectivity index (χ3v) is 9.43. The fourth-order valence-corrected chi connectivity index (χ4v) is 6.52. The summed E-state index contributed by atoms with van der Waals surface area (Å²) in [5.74, 6) is 0.521. The van der Waals surface area contributed by atoms with Crippen LogP contribution in [0, 0.1) is 11.3 Å². The minimum atomic E-state index is 0.0346. The molecule has 1 aromatic heterocycles. The van der Waals surface area contributed by atoms with Crippen LogP contribution >= 0.6 is 23.1 Å². The van der Waals surface area contributed by atoms with Crippen LogP contribution in [0.4, 0.5) is 0 Å². The Balaban J connectivity index is 1.06. The summed E-state index contributed by atoms with van der Waals surface area (Å²) in [6, 6.07) is 10.4. The summed E-state index contributed by atoms with van der Waals surface area (Å²) < 4.78 is 0.928. The monoisotopic (exact) mass is 496 g/mol. The van der Waals surface area contributed by atoms with Gasteiger partial charge in [-0.3, -0.25) is 14.5 Å². The minimum Gasteiger partial charge on any atom is -0.340 e. The smallest absolute Gasteiger partial charge is 0.273 e. The van der Waals surface area contributed by atoms with E-state index < -0.39 is 0 Å². The van der Waals surface area contributed by atoms with Gasteiger partial charge in [0.2, 0.25) is 5.91 Å². The first-order valence-electron chi connectivity index (χ1n) is 12.1. The summed E-state index contributed by atoms with van der Waals surface area (Å²) in [7, 11) is 0. The molecule has 1 saturated carbocycles. The Morgan fingerprint density at radius 1 is 1.09 bits per heavy atom. The van der Waals surface area contributed by atoms with Gasteiger partial charge in [0.25, 0.3) is 5.91 Å². The predicted octanol–water partition coefficient (Wildman–Crippen LogP) is 3.96. The number of carbonyl (C=O) groups is 2. The number of thiazole rings is 1. The lowest BCUT2D eigenvalue weighted by Crippen LogP contribution is -2.49. The Hall–Kier alpha value is -2.16. The van der Waals surface area contributed by atoms with Gasteiger partial charge in [0.05, 0.1) is 0 Å². The molecule has 2 amide bonds. The molecular weight excluding hydrogens is 464 g/mol. The molecule has 1 spiro atoms. The van der Waals surface area contributed by atoms with Crippen LogP contribution in [0.5, 0.6) is 0 Å². The SMILES string of the molecule is CSc1nc(C(=O)N2CCC3(CC2)C[C@H]3C(=O)N2CCN(C/C=C/c3ccccc3)CC2)cs1. The van der Waals surface area contributed by atoms with E-state index in [-0.39, 0.29) is 17.2 Å². The van der Waals surface area contributed by atoms with Gasteiger partial charge in [-0.1, -0.05) is 54.2 Å². The zero-order valence-electron chi connectivity index (χ0n) is 19.7. The molecule has 3 aliphatic rings. The Kier molecular flexibility index (Phi) is 7.09. The van der Waals surface area contributed by atoms with Crippen LogP contribution in [-0.2, 0) is 4.79 Å². The number of piperazine rings is 1. The van der Waals surface area contributed by atoms with E-state index in [9.17, 15) is 9.59 Å². The molecule has 5 rings (SSSR count). The summed E-state index contributed by atoms with van der Waals surface area (Å²) >= 11 is 3.10. The maximum atomic E-state index is 13.2. The summed E-state index contributed by atoms with van der Waals surface area (Å²) in [6.07, 6.45) is 9.20. The van der Waals surface area contributed by atoms with Crippen LogP contribution in [0.2, 0.25) is 0 Å². The van der Waals surface area contributed by atoms with Gasteiger partial charge in [0, 0.05) is 57.1 Å². The number of thioether (sulfide) groups is 1. The molecule has 2 aromatic rings. The Labute approximate surface area is 210 Å². The second kappa shape index (κ2) is 10.2. The molecular formula is C26H32N4O2S2. The number of hydrogen-bond donors (Lipinski definition) is 0. The number of piperidine rings is 1. The second-order valence-electron chi connectivity index (χ2n) is 9.55. The quantitative estimate of drug-likeness (QED) is 0.567. The first kappa shape index (κ1) is 23.6. The molecule has 1 aromatic carbocycles. The summed E-state index contributed by atoms with van der Waals surface area (Å²) in [5.41, 5.74) is 1.90. The van der Waals surface area contributed by atoms with E-state index in [0.717, 1.165) is 69.4 Å². The highest BCUT2D eigenvalue weighted by Gasteiger charge is 2.59. The largest absolute Gasteiger partial charge is 0.340 e. The van der Waals surface area contributed by atoms with Crippen molar-refractivity contribution in [1.82, 2.24) is 19.7 Å². The van der Waals surface area contributed by atoms with Gasteiger partial charge in [-0.2, -0.15) is 0 Å². The third kappa shape index (κ3) is 5.09. The predicted molar refractivity (Wildman–Crippen MR) is 138 cm³/mol. The van der Waals surface area contributed by atoms with Crippen molar-refractivity contribution in [3.63, 3.8) is 0 Å². The van der Waals surface area contributed by atoms with Crippen molar-refractivity contribution < 1.29 is 9.59 Å². The molecule has 0 N–H and O–H groups in total. The Bertz CT molecular complexity index is 1040. The molecule has 8 heteroatoms. The van der Waals surface area contributed by atoms with E-state index in [1.807, 2.05) is 22.6 Å². The Morgan fingerprint density at radius 2 is 1.82 bits per heavy atom. The molecule has 1 aliphatic carbocycles. The van der Waals surface area contributed by atoms with Gasteiger partial charge >= 0.3 is 0 Å². The van der Waals surface area contributed by atoms with E-state index in [4.69, 9.17) is 0 Å². The molecule has 1 atom stereocenters. The maximum Gasteiger partial charge on any atom is 0.273 e. The van der Waals surface area contributed by atoms with Gasteiger partial charge in [-0.05, 0) is 36.5 Å². The number of likely N-dealkylation sites (tertiary alicyclic amines) is 1. The highest BCUT2D eigenvalue weighted by atomic mass is 32.2. The average molecular weight is 497 g/mol. The molecule has 2 saturated heterocycles. The lowest BCUT2D eigenvalue weighted by atomic mass is 9.90. The minimum absolute atomic E-state index is 0.0346. The third-order valence-electron chi connectivity index (χ3n) is 7.57. The van der Waals surface area contributed by atoms with Gasteiger partial charge in [0.1, 0.15) is 10.0 Å². The van der Waals surface area contributed by atoms with Crippen molar-refractivity contribution >= 4 is 41.0 Å².